The van der Waals surface area contributed by atoms with Gasteiger partial charge in [-0.2, -0.15) is 0 Å². The standard InChI is InChI=1S/C18H15BrO4/c1-22-17(20)10-8-14-7-9-15(19)11-16(14)18(21)23-12-13-5-3-2-4-6-13/h2-11H,12H2,1H3/b10-8+. The van der Waals surface area contributed by atoms with E-state index in [1.165, 1.54) is 19.3 Å². The predicted octanol–water partition coefficient (Wildman–Crippen LogP) is 3.99. The number of halogens is 1. The minimum absolute atomic E-state index is 0.187. The number of ether oxygens (including phenoxy) is 2. The van der Waals surface area contributed by atoms with Crippen LogP contribution in [-0.4, -0.2) is 19.0 Å². The fourth-order valence-electron chi connectivity index (χ4n) is 1.88. The number of carbonyl (C=O) groups is 2. The van der Waals surface area contributed by atoms with Crippen molar-refractivity contribution in [3.8, 4) is 0 Å². The number of hydrogen-bond donors (Lipinski definition) is 0. The SMILES string of the molecule is COC(=O)/C=C/c1ccc(Br)cc1C(=O)OCc1ccccc1. The Morgan fingerprint density at radius 2 is 1.87 bits per heavy atom. The van der Waals surface area contributed by atoms with Crippen molar-refractivity contribution in [3.63, 3.8) is 0 Å². The second kappa shape index (κ2) is 8.29. The van der Waals surface area contributed by atoms with Crippen LogP contribution in [0.2, 0.25) is 0 Å². The molecule has 0 saturated carbocycles. The van der Waals surface area contributed by atoms with Crippen LogP contribution in [0, 0.1) is 0 Å². The van der Waals surface area contributed by atoms with Gasteiger partial charge in [-0.3, -0.25) is 0 Å². The fraction of sp³-hybridized carbons (Fsp3) is 0.111. The van der Waals surface area contributed by atoms with Crippen LogP contribution in [0.5, 0.6) is 0 Å². The van der Waals surface area contributed by atoms with Gasteiger partial charge in [0.05, 0.1) is 12.7 Å². The van der Waals surface area contributed by atoms with Crippen LogP contribution in [0.25, 0.3) is 6.08 Å². The van der Waals surface area contributed by atoms with Gasteiger partial charge in [0.15, 0.2) is 0 Å². The van der Waals surface area contributed by atoms with Gasteiger partial charge in [-0.1, -0.05) is 52.3 Å². The molecule has 2 aromatic carbocycles. The van der Waals surface area contributed by atoms with Crippen molar-refractivity contribution in [2.75, 3.05) is 7.11 Å². The molecule has 0 aliphatic carbocycles. The molecule has 0 aliphatic rings. The third-order valence-electron chi connectivity index (χ3n) is 3.05. The van der Waals surface area contributed by atoms with E-state index in [1.54, 1.807) is 18.2 Å². The maximum Gasteiger partial charge on any atom is 0.339 e. The Morgan fingerprint density at radius 1 is 1.13 bits per heavy atom. The lowest BCUT2D eigenvalue weighted by Gasteiger charge is -2.08. The van der Waals surface area contributed by atoms with Gasteiger partial charge in [0.1, 0.15) is 6.61 Å². The number of rotatable bonds is 5. The summed E-state index contributed by atoms with van der Waals surface area (Å²) in [6.45, 7) is 0.187. The lowest BCUT2D eigenvalue weighted by atomic mass is 10.1. The Balaban J connectivity index is 2.16. The summed E-state index contributed by atoms with van der Waals surface area (Å²) >= 11 is 3.33. The van der Waals surface area contributed by atoms with Crippen LogP contribution in [0.4, 0.5) is 0 Å². The van der Waals surface area contributed by atoms with Crippen molar-refractivity contribution in [2.45, 2.75) is 6.61 Å². The van der Waals surface area contributed by atoms with Crippen LogP contribution in [0.3, 0.4) is 0 Å². The Morgan fingerprint density at radius 3 is 2.57 bits per heavy atom. The molecule has 0 heterocycles. The maximum atomic E-state index is 12.3. The highest BCUT2D eigenvalue weighted by Crippen LogP contribution is 2.19. The number of methoxy groups -OCH3 is 1. The Kier molecular flexibility index (Phi) is 6.11. The number of carbonyl (C=O) groups excluding carboxylic acids is 2. The highest BCUT2D eigenvalue weighted by atomic mass is 79.9. The van der Waals surface area contributed by atoms with Gasteiger partial charge >= 0.3 is 11.9 Å². The molecule has 23 heavy (non-hydrogen) atoms. The van der Waals surface area contributed by atoms with Crippen LogP contribution in [0.15, 0.2) is 59.1 Å². The normalized spacial score (nSPS) is 10.5. The molecule has 0 aliphatic heterocycles. The van der Waals surface area contributed by atoms with Gasteiger partial charge in [-0.15, -0.1) is 0 Å². The molecule has 0 atom stereocenters. The zero-order chi connectivity index (χ0) is 16.7. The Bertz CT molecular complexity index is 723. The van der Waals surface area contributed by atoms with Crippen molar-refractivity contribution in [1.82, 2.24) is 0 Å². The smallest absolute Gasteiger partial charge is 0.339 e. The second-order valence-electron chi connectivity index (χ2n) is 4.65. The highest BCUT2D eigenvalue weighted by molar-refractivity contribution is 9.10. The molecule has 0 spiro atoms. The van der Waals surface area contributed by atoms with E-state index in [4.69, 9.17) is 4.74 Å². The van der Waals surface area contributed by atoms with Crippen LogP contribution >= 0.6 is 15.9 Å². The van der Waals surface area contributed by atoms with Crippen molar-refractivity contribution in [3.05, 3.63) is 75.8 Å². The molecule has 0 bridgehead atoms. The number of esters is 2. The highest BCUT2D eigenvalue weighted by Gasteiger charge is 2.12. The molecule has 0 unspecified atom stereocenters. The van der Waals surface area contributed by atoms with E-state index >= 15 is 0 Å². The topological polar surface area (TPSA) is 52.6 Å². The first kappa shape index (κ1) is 17.0. The molecule has 118 valence electrons. The molecular formula is C18H15BrO4. The molecule has 0 N–H and O–H groups in total. The molecule has 5 heteroatoms. The molecule has 4 nitrogen and oxygen atoms in total. The van der Waals surface area contributed by atoms with E-state index in [2.05, 4.69) is 20.7 Å². The summed E-state index contributed by atoms with van der Waals surface area (Å²) < 4.78 is 10.6. The van der Waals surface area contributed by atoms with Gasteiger partial charge in [0, 0.05) is 10.5 Å². The average Bonchev–Trinajstić information content (AvgIpc) is 2.59. The minimum Gasteiger partial charge on any atom is -0.466 e. The first-order valence-electron chi connectivity index (χ1n) is 6.87. The van der Waals surface area contributed by atoms with Gasteiger partial charge < -0.3 is 9.47 Å². The van der Waals surface area contributed by atoms with Crippen molar-refractivity contribution < 1.29 is 19.1 Å². The molecule has 0 saturated heterocycles. The average molecular weight is 375 g/mol. The Labute approximate surface area is 142 Å². The van der Waals surface area contributed by atoms with Crippen LogP contribution < -0.4 is 0 Å². The molecular weight excluding hydrogens is 360 g/mol. The molecule has 0 fully saturated rings. The summed E-state index contributed by atoms with van der Waals surface area (Å²) in [5.41, 5.74) is 1.86. The summed E-state index contributed by atoms with van der Waals surface area (Å²) in [6, 6.07) is 14.6. The van der Waals surface area contributed by atoms with E-state index in [-0.39, 0.29) is 6.61 Å². The van der Waals surface area contributed by atoms with Gasteiger partial charge in [0.25, 0.3) is 0 Å². The fourth-order valence-corrected chi connectivity index (χ4v) is 2.24. The third kappa shape index (κ3) is 5.07. The molecule has 0 amide bonds. The first-order chi connectivity index (χ1) is 11.1. The van der Waals surface area contributed by atoms with Crippen molar-refractivity contribution in [1.29, 1.82) is 0 Å². The van der Waals surface area contributed by atoms with Gasteiger partial charge in [-0.05, 0) is 29.3 Å². The molecule has 2 aromatic rings. The quantitative estimate of drug-likeness (QED) is 0.586. The summed E-state index contributed by atoms with van der Waals surface area (Å²) in [5.74, 6) is -0.948. The van der Waals surface area contributed by atoms with Crippen molar-refractivity contribution >= 4 is 33.9 Å². The van der Waals surface area contributed by atoms with Crippen molar-refractivity contribution in [2.24, 2.45) is 0 Å². The summed E-state index contributed by atoms with van der Waals surface area (Å²) in [5, 5.41) is 0. The molecule has 2 rings (SSSR count). The van der Waals surface area contributed by atoms with Gasteiger partial charge in [-0.25, -0.2) is 9.59 Å². The molecule has 0 radical (unpaired) electrons. The van der Waals surface area contributed by atoms with E-state index < -0.39 is 11.9 Å². The lowest BCUT2D eigenvalue weighted by Crippen LogP contribution is -2.07. The zero-order valence-corrected chi connectivity index (χ0v) is 14.1. The second-order valence-corrected chi connectivity index (χ2v) is 5.57. The van der Waals surface area contributed by atoms with E-state index in [9.17, 15) is 9.59 Å². The summed E-state index contributed by atoms with van der Waals surface area (Å²) in [6.07, 6.45) is 2.79. The van der Waals surface area contributed by atoms with Crippen LogP contribution in [-0.2, 0) is 20.9 Å². The maximum absolute atomic E-state index is 12.3. The van der Waals surface area contributed by atoms with E-state index in [1.807, 2.05) is 30.3 Å². The zero-order valence-electron chi connectivity index (χ0n) is 12.5. The van der Waals surface area contributed by atoms with E-state index in [0.29, 0.717) is 11.1 Å². The third-order valence-corrected chi connectivity index (χ3v) is 3.54. The summed E-state index contributed by atoms with van der Waals surface area (Å²) in [4.78, 5) is 23.5. The number of hydrogen-bond acceptors (Lipinski definition) is 4. The largest absolute Gasteiger partial charge is 0.466 e. The minimum atomic E-state index is -0.489. The lowest BCUT2D eigenvalue weighted by molar-refractivity contribution is -0.134. The monoisotopic (exact) mass is 374 g/mol. The molecule has 0 aromatic heterocycles. The summed E-state index contributed by atoms with van der Waals surface area (Å²) in [7, 11) is 1.29. The van der Waals surface area contributed by atoms with Gasteiger partial charge in [0.2, 0.25) is 0 Å². The Hall–Kier alpha value is -2.40. The van der Waals surface area contributed by atoms with Crippen LogP contribution in [0.1, 0.15) is 21.5 Å². The first-order valence-corrected chi connectivity index (χ1v) is 7.66. The van der Waals surface area contributed by atoms with E-state index in [0.717, 1.165) is 10.0 Å². The number of benzene rings is 2. The predicted molar refractivity (Wildman–Crippen MR) is 90.8 cm³/mol.